The van der Waals surface area contributed by atoms with Crippen LogP contribution in [0.1, 0.15) is 32.6 Å². The summed E-state index contributed by atoms with van der Waals surface area (Å²) in [6, 6.07) is -3.92. The Balaban J connectivity index is 2.66. The van der Waals surface area contributed by atoms with Gasteiger partial charge in [0, 0.05) is 18.7 Å². The van der Waals surface area contributed by atoms with E-state index in [1.807, 2.05) is 0 Å². The number of carboxylic acid groups (broad SMARTS) is 1. The number of nitrogens with zero attached hydrogens (tertiary/aromatic N) is 1. The molecule has 1 saturated heterocycles. The number of primary amides is 1. The smallest absolute Gasteiger partial charge is 0.326 e. The number of carboxylic acids is 1. The van der Waals surface area contributed by atoms with Crippen LogP contribution >= 0.6 is 12.6 Å². The van der Waals surface area contributed by atoms with Gasteiger partial charge < -0.3 is 32.1 Å². The number of carbonyl (C=O) groups is 5. The number of hydrogen-bond acceptors (Lipinski definition) is 7. The van der Waals surface area contributed by atoms with Crippen LogP contribution in [0.3, 0.4) is 0 Å². The summed E-state index contributed by atoms with van der Waals surface area (Å²) in [6.07, 6.45) is 0.686. The Kier molecular flexibility index (Phi) is 9.19. The SMILES string of the molecule is CC(NC(=O)C1CCCN1C(=O)C(N)CS)C(=O)NC(CCC(N)=O)C(=O)O. The molecule has 0 aromatic carbocycles. The van der Waals surface area contributed by atoms with Crippen LogP contribution in [0.5, 0.6) is 0 Å². The van der Waals surface area contributed by atoms with Crippen molar-refractivity contribution < 1.29 is 29.1 Å². The van der Waals surface area contributed by atoms with Gasteiger partial charge in [-0.25, -0.2) is 4.79 Å². The Hall–Kier alpha value is -2.34. The third kappa shape index (κ3) is 6.68. The first-order valence-electron chi connectivity index (χ1n) is 8.87. The molecule has 1 fully saturated rings. The molecule has 1 rings (SSSR count). The van der Waals surface area contributed by atoms with Gasteiger partial charge >= 0.3 is 5.97 Å². The minimum atomic E-state index is -1.32. The lowest BCUT2D eigenvalue weighted by Gasteiger charge is -2.27. The van der Waals surface area contributed by atoms with E-state index >= 15 is 0 Å². The van der Waals surface area contributed by atoms with Gasteiger partial charge in [-0.15, -0.1) is 0 Å². The van der Waals surface area contributed by atoms with Crippen molar-refractivity contribution in [2.45, 2.75) is 56.8 Å². The fraction of sp³-hybridized carbons (Fsp3) is 0.688. The maximum atomic E-state index is 12.5. The molecule has 0 aromatic rings. The Morgan fingerprint density at radius 3 is 2.43 bits per heavy atom. The van der Waals surface area contributed by atoms with E-state index in [0.717, 1.165) is 0 Å². The zero-order valence-corrected chi connectivity index (χ0v) is 16.5. The predicted molar refractivity (Wildman–Crippen MR) is 102 cm³/mol. The lowest BCUT2D eigenvalue weighted by molar-refractivity contribution is -0.143. The van der Waals surface area contributed by atoms with Crippen molar-refractivity contribution in [3.63, 3.8) is 0 Å². The summed E-state index contributed by atoms with van der Waals surface area (Å²) in [5.74, 6) is -3.50. The lowest BCUT2D eigenvalue weighted by Crippen LogP contribution is -2.56. The van der Waals surface area contributed by atoms with E-state index in [0.29, 0.717) is 19.4 Å². The topological polar surface area (TPSA) is 185 Å². The molecule has 4 atom stereocenters. The molecule has 1 aliphatic heterocycles. The number of aliphatic carboxylic acids is 1. The highest BCUT2D eigenvalue weighted by Gasteiger charge is 2.37. The van der Waals surface area contributed by atoms with Crippen molar-refractivity contribution in [2.75, 3.05) is 12.3 Å². The lowest BCUT2D eigenvalue weighted by atomic mass is 10.1. The number of amides is 4. The third-order valence-electron chi connectivity index (χ3n) is 4.40. The summed E-state index contributed by atoms with van der Waals surface area (Å²) >= 11 is 3.99. The van der Waals surface area contributed by atoms with E-state index in [4.69, 9.17) is 16.6 Å². The summed E-state index contributed by atoms with van der Waals surface area (Å²) in [5.41, 5.74) is 10.7. The summed E-state index contributed by atoms with van der Waals surface area (Å²) < 4.78 is 0. The van der Waals surface area contributed by atoms with E-state index < -0.39 is 47.9 Å². The molecule has 158 valence electrons. The van der Waals surface area contributed by atoms with Crippen LogP contribution in [-0.2, 0) is 24.0 Å². The highest BCUT2D eigenvalue weighted by molar-refractivity contribution is 7.80. The van der Waals surface area contributed by atoms with E-state index in [1.165, 1.54) is 11.8 Å². The molecule has 1 aliphatic rings. The fourth-order valence-electron chi connectivity index (χ4n) is 2.81. The summed E-state index contributed by atoms with van der Waals surface area (Å²) in [7, 11) is 0. The van der Waals surface area contributed by atoms with Crippen molar-refractivity contribution in [1.82, 2.24) is 15.5 Å². The molecule has 0 radical (unpaired) electrons. The van der Waals surface area contributed by atoms with E-state index in [9.17, 15) is 24.0 Å². The van der Waals surface area contributed by atoms with Crippen molar-refractivity contribution in [3.05, 3.63) is 0 Å². The monoisotopic (exact) mass is 417 g/mol. The number of hydrogen-bond donors (Lipinski definition) is 6. The normalized spacial score (nSPS) is 19.4. The van der Waals surface area contributed by atoms with Gasteiger partial charge in [0.15, 0.2) is 0 Å². The third-order valence-corrected chi connectivity index (χ3v) is 4.79. The fourth-order valence-corrected chi connectivity index (χ4v) is 2.97. The minimum Gasteiger partial charge on any atom is -0.480 e. The standard InChI is InChI=1S/C16H27N5O6S/c1-8(13(23)20-10(16(26)27)4-5-12(18)22)19-14(24)11-3-2-6-21(11)15(25)9(17)7-28/h8-11,28H,2-7,17H2,1H3,(H2,18,22)(H,19,24)(H,20,23)(H,26,27). The van der Waals surface area contributed by atoms with Crippen LogP contribution < -0.4 is 22.1 Å². The van der Waals surface area contributed by atoms with Gasteiger partial charge in [0.2, 0.25) is 23.6 Å². The maximum Gasteiger partial charge on any atom is 0.326 e. The molecule has 0 bridgehead atoms. The second kappa shape index (κ2) is 10.9. The van der Waals surface area contributed by atoms with Gasteiger partial charge in [0.05, 0.1) is 6.04 Å². The molecule has 11 nitrogen and oxygen atoms in total. The number of nitrogens with two attached hydrogens (primary N) is 2. The number of nitrogens with one attached hydrogen (secondary N) is 2. The minimum absolute atomic E-state index is 0.143. The van der Waals surface area contributed by atoms with Gasteiger partial charge in [0.1, 0.15) is 18.1 Å². The molecule has 12 heteroatoms. The molecule has 28 heavy (non-hydrogen) atoms. The number of likely N-dealkylation sites (tertiary alicyclic amines) is 1. The molecule has 4 amide bonds. The Labute approximate surface area is 168 Å². The zero-order chi connectivity index (χ0) is 21.4. The Bertz CT molecular complexity index is 631. The molecule has 4 unspecified atom stereocenters. The molecule has 7 N–H and O–H groups in total. The summed E-state index contributed by atoms with van der Waals surface area (Å²) in [5, 5.41) is 13.9. The van der Waals surface area contributed by atoms with Crippen molar-refractivity contribution in [3.8, 4) is 0 Å². The van der Waals surface area contributed by atoms with E-state index in [1.54, 1.807) is 0 Å². The van der Waals surface area contributed by atoms with Crippen LogP contribution in [0.2, 0.25) is 0 Å². The van der Waals surface area contributed by atoms with Crippen LogP contribution in [0.25, 0.3) is 0 Å². The zero-order valence-electron chi connectivity index (χ0n) is 15.6. The number of carbonyl (C=O) groups excluding carboxylic acids is 4. The second-order valence-electron chi connectivity index (χ2n) is 6.61. The average molecular weight is 417 g/mol. The number of rotatable bonds is 10. The largest absolute Gasteiger partial charge is 0.480 e. The molecule has 0 spiro atoms. The molecule has 1 heterocycles. The average Bonchev–Trinajstić information content (AvgIpc) is 3.12. The first-order chi connectivity index (χ1) is 13.1. The number of thiol groups is 1. The highest BCUT2D eigenvalue weighted by Crippen LogP contribution is 2.18. The molecular formula is C16H27N5O6S. The van der Waals surface area contributed by atoms with Gasteiger partial charge in [-0.2, -0.15) is 12.6 Å². The van der Waals surface area contributed by atoms with E-state index in [-0.39, 0.29) is 24.5 Å². The molecule has 0 aromatic heterocycles. The van der Waals surface area contributed by atoms with Gasteiger partial charge in [-0.3, -0.25) is 19.2 Å². The van der Waals surface area contributed by atoms with Crippen LogP contribution in [-0.4, -0.2) is 76.1 Å². The Morgan fingerprint density at radius 2 is 1.89 bits per heavy atom. The second-order valence-corrected chi connectivity index (χ2v) is 6.98. The van der Waals surface area contributed by atoms with Gasteiger partial charge in [-0.05, 0) is 26.2 Å². The molecule has 0 aliphatic carbocycles. The molecule has 0 saturated carbocycles. The Morgan fingerprint density at radius 1 is 1.25 bits per heavy atom. The van der Waals surface area contributed by atoms with Crippen LogP contribution in [0.4, 0.5) is 0 Å². The molecular weight excluding hydrogens is 390 g/mol. The first kappa shape index (κ1) is 23.7. The van der Waals surface area contributed by atoms with Gasteiger partial charge in [0.25, 0.3) is 0 Å². The first-order valence-corrected chi connectivity index (χ1v) is 9.50. The predicted octanol–water partition coefficient (Wildman–Crippen LogP) is -2.43. The maximum absolute atomic E-state index is 12.5. The van der Waals surface area contributed by atoms with Crippen molar-refractivity contribution >= 4 is 42.2 Å². The van der Waals surface area contributed by atoms with Crippen molar-refractivity contribution in [1.29, 1.82) is 0 Å². The van der Waals surface area contributed by atoms with E-state index in [2.05, 4.69) is 23.3 Å². The summed E-state index contributed by atoms with van der Waals surface area (Å²) in [6.45, 7) is 1.77. The van der Waals surface area contributed by atoms with Crippen molar-refractivity contribution in [2.24, 2.45) is 11.5 Å². The van der Waals surface area contributed by atoms with Crippen LogP contribution in [0.15, 0.2) is 0 Å². The van der Waals surface area contributed by atoms with Crippen LogP contribution in [0, 0.1) is 0 Å². The van der Waals surface area contributed by atoms with Gasteiger partial charge in [-0.1, -0.05) is 0 Å². The quantitative estimate of drug-likeness (QED) is 0.213. The summed E-state index contributed by atoms with van der Waals surface area (Å²) in [4.78, 5) is 60.3. The highest BCUT2D eigenvalue weighted by atomic mass is 32.1.